The highest BCUT2D eigenvalue weighted by Gasteiger charge is 2.36. The van der Waals surface area contributed by atoms with Crippen molar-refractivity contribution >= 4 is 5.91 Å². The molecule has 1 amide bonds. The van der Waals surface area contributed by atoms with Crippen LogP contribution in [0.2, 0.25) is 0 Å². The summed E-state index contributed by atoms with van der Waals surface area (Å²) in [5.74, 6) is 2.64. The van der Waals surface area contributed by atoms with Gasteiger partial charge in [-0.1, -0.05) is 18.2 Å². The lowest BCUT2D eigenvalue weighted by Gasteiger charge is -2.30. The molecule has 0 N–H and O–H groups in total. The van der Waals surface area contributed by atoms with E-state index in [0.717, 1.165) is 67.1 Å². The molecule has 2 aromatic carbocycles. The number of benzene rings is 2. The fourth-order valence-electron chi connectivity index (χ4n) is 4.56. The van der Waals surface area contributed by atoms with Crippen LogP contribution in [0.1, 0.15) is 42.9 Å². The molecule has 0 aromatic heterocycles. The molecule has 2 fully saturated rings. The number of carbonyl (C=O) groups excluding carboxylic acids is 1. The van der Waals surface area contributed by atoms with E-state index in [-0.39, 0.29) is 11.9 Å². The number of ether oxygens (including phenoxy) is 3. The van der Waals surface area contributed by atoms with Gasteiger partial charge in [0.1, 0.15) is 17.2 Å². The van der Waals surface area contributed by atoms with E-state index < -0.39 is 0 Å². The molecule has 4 rings (SSSR count). The number of nitrogens with zero attached hydrogens (tertiary/aromatic N) is 2. The molecule has 2 aromatic rings. The Bertz CT molecular complexity index is 912. The van der Waals surface area contributed by atoms with Crippen molar-refractivity contribution < 1.29 is 19.0 Å². The summed E-state index contributed by atoms with van der Waals surface area (Å²) in [7, 11) is 5.03. The summed E-state index contributed by atoms with van der Waals surface area (Å²) in [6, 6.07) is 14.4. The van der Waals surface area contributed by atoms with Gasteiger partial charge in [0.25, 0.3) is 0 Å². The van der Waals surface area contributed by atoms with E-state index in [4.69, 9.17) is 14.2 Å². The van der Waals surface area contributed by atoms with Gasteiger partial charge in [0.05, 0.1) is 33.9 Å². The van der Waals surface area contributed by atoms with Gasteiger partial charge in [-0.05, 0) is 49.9 Å². The third-order valence-corrected chi connectivity index (χ3v) is 6.34. The molecule has 6 heteroatoms. The number of hydrogen-bond acceptors (Lipinski definition) is 5. The standard InChI is InChI=1S/C25H32N2O4/c1-29-20-12-13-24(31-3)21(15-20)22-8-6-14-27(22)25(28)17-26(19-10-11-19)16-18-7-4-5-9-23(18)30-2/h4-5,7,9,12-13,15,19,22H,6,8,10-11,14,16-17H2,1-3H3. The molecule has 1 saturated heterocycles. The van der Waals surface area contributed by atoms with Crippen LogP contribution in [-0.4, -0.2) is 56.2 Å². The summed E-state index contributed by atoms with van der Waals surface area (Å²) in [6.07, 6.45) is 4.23. The van der Waals surface area contributed by atoms with Crippen molar-refractivity contribution in [3.63, 3.8) is 0 Å². The van der Waals surface area contributed by atoms with Gasteiger partial charge in [0.15, 0.2) is 0 Å². The normalized spacial score (nSPS) is 18.3. The largest absolute Gasteiger partial charge is 0.497 e. The van der Waals surface area contributed by atoms with Crippen molar-refractivity contribution in [2.75, 3.05) is 34.4 Å². The van der Waals surface area contributed by atoms with Crippen LogP contribution in [0.3, 0.4) is 0 Å². The van der Waals surface area contributed by atoms with Gasteiger partial charge in [-0.3, -0.25) is 9.69 Å². The van der Waals surface area contributed by atoms with Crippen molar-refractivity contribution in [3.8, 4) is 17.2 Å². The van der Waals surface area contributed by atoms with Crippen LogP contribution in [-0.2, 0) is 11.3 Å². The number of hydrogen-bond donors (Lipinski definition) is 0. The topological polar surface area (TPSA) is 51.2 Å². The van der Waals surface area contributed by atoms with Gasteiger partial charge >= 0.3 is 0 Å². The monoisotopic (exact) mass is 424 g/mol. The maximum atomic E-state index is 13.5. The minimum Gasteiger partial charge on any atom is -0.497 e. The summed E-state index contributed by atoms with van der Waals surface area (Å²) in [5.41, 5.74) is 2.15. The molecule has 1 saturated carbocycles. The Morgan fingerprint density at radius 2 is 1.77 bits per heavy atom. The molecule has 1 aliphatic heterocycles. The molecule has 0 spiro atoms. The second-order valence-corrected chi connectivity index (χ2v) is 8.30. The lowest BCUT2D eigenvalue weighted by Crippen LogP contribution is -2.40. The third kappa shape index (κ3) is 4.79. The molecule has 1 unspecified atom stereocenters. The molecule has 6 nitrogen and oxygen atoms in total. The van der Waals surface area contributed by atoms with Crippen LogP contribution in [0.5, 0.6) is 17.2 Å². The van der Waals surface area contributed by atoms with E-state index in [1.807, 2.05) is 41.3 Å². The van der Waals surface area contributed by atoms with Crippen molar-refractivity contribution in [1.82, 2.24) is 9.80 Å². The van der Waals surface area contributed by atoms with Crippen LogP contribution in [0.25, 0.3) is 0 Å². The molecule has 1 aliphatic carbocycles. The molecular formula is C25H32N2O4. The highest BCUT2D eigenvalue weighted by atomic mass is 16.5. The Labute approximate surface area is 184 Å². The van der Waals surface area contributed by atoms with E-state index in [1.165, 1.54) is 0 Å². The molecule has 1 heterocycles. The highest BCUT2D eigenvalue weighted by Crippen LogP contribution is 2.39. The first-order valence-corrected chi connectivity index (χ1v) is 11.0. The predicted octanol–water partition coefficient (Wildman–Crippen LogP) is 4.04. The SMILES string of the molecule is COc1ccc(OC)c(C2CCCN2C(=O)CN(Cc2ccccc2OC)C2CC2)c1. The first kappa shape index (κ1) is 21.5. The van der Waals surface area contributed by atoms with Crippen LogP contribution >= 0.6 is 0 Å². The first-order chi connectivity index (χ1) is 15.1. The summed E-state index contributed by atoms with van der Waals surface area (Å²) in [5, 5.41) is 0. The number of rotatable bonds is 9. The third-order valence-electron chi connectivity index (χ3n) is 6.34. The molecule has 166 valence electrons. The number of likely N-dealkylation sites (tertiary alicyclic amines) is 1. The van der Waals surface area contributed by atoms with Crippen LogP contribution in [0.15, 0.2) is 42.5 Å². The maximum Gasteiger partial charge on any atom is 0.237 e. The van der Waals surface area contributed by atoms with Crippen molar-refractivity contribution in [2.24, 2.45) is 0 Å². The molecule has 0 bridgehead atoms. The fourth-order valence-corrected chi connectivity index (χ4v) is 4.56. The summed E-state index contributed by atoms with van der Waals surface area (Å²) < 4.78 is 16.5. The van der Waals surface area contributed by atoms with E-state index in [2.05, 4.69) is 11.0 Å². The Hall–Kier alpha value is -2.73. The minimum atomic E-state index is 0.0184. The summed E-state index contributed by atoms with van der Waals surface area (Å²) in [4.78, 5) is 17.8. The zero-order valence-electron chi connectivity index (χ0n) is 18.7. The number of para-hydroxylation sites is 1. The van der Waals surface area contributed by atoms with Crippen molar-refractivity contribution in [3.05, 3.63) is 53.6 Å². The number of amides is 1. The zero-order chi connectivity index (χ0) is 21.8. The summed E-state index contributed by atoms with van der Waals surface area (Å²) >= 11 is 0. The highest BCUT2D eigenvalue weighted by molar-refractivity contribution is 5.79. The van der Waals surface area contributed by atoms with Crippen molar-refractivity contribution in [1.29, 1.82) is 0 Å². The number of carbonyl (C=O) groups is 1. The molecular weight excluding hydrogens is 392 g/mol. The van der Waals surface area contributed by atoms with Gasteiger partial charge in [-0.15, -0.1) is 0 Å². The van der Waals surface area contributed by atoms with E-state index in [9.17, 15) is 4.79 Å². The first-order valence-electron chi connectivity index (χ1n) is 11.0. The van der Waals surface area contributed by atoms with E-state index in [0.29, 0.717) is 12.6 Å². The molecule has 0 radical (unpaired) electrons. The average molecular weight is 425 g/mol. The Balaban J connectivity index is 1.51. The van der Waals surface area contributed by atoms with Crippen molar-refractivity contribution in [2.45, 2.75) is 44.3 Å². The smallest absolute Gasteiger partial charge is 0.237 e. The Kier molecular flexibility index (Phi) is 6.66. The lowest BCUT2D eigenvalue weighted by atomic mass is 10.0. The van der Waals surface area contributed by atoms with Crippen LogP contribution < -0.4 is 14.2 Å². The predicted molar refractivity (Wildman–Crippen MR) is 120 cm³/mol. The lowest BCUT2D eigenvalue weighted by molar-refractivity contribution is -0.133. The number of methoxy groups -OCH3 is 3. The zero-order valence-corrected chi connectivity index (χ0v) is 18.7. The van der Waals surface area contributed by atoms with E-state index in [1.54, 1.807) is 21.3 Å². The van der Waals surface area contributed by atoms with Gasteiger partial charge in [-0.2, -0.15) is 0 Å². The minimum absolute atomic E-state index is 0.0184. The fraction of sp³-hybridized carbons (Fsp3) is 0.480. The van der Waals surface area contributed by atoms with Gasteiger partial charge in [0, 0.05) is 30.3 Å². The van der Waals surface area contributed by atoms with Gasteiger partial charge in [-0.25, -0.2) is 0 Å². The van der Waals surface area contributed by atoms with Crippen LogP contribution in [0, 0.1) is 0 Å². The van der Waals surface area contributed by atoms with E-state index >= 15 is 0 Å². The van der Waals surface area contributed by atoms with Crippen LogP contribution in [0.4, 0.5) is 0 Å². The van der Waals surface area contributed by atoms with Gasteiger partial charge in [0.2, 0.25) is 5.91 Å². The quantitative estimate of drug-likeness (QED) is 0.608. The summed E-state index contributed by atoms with van der Waals surface area (Å²) in [6.45, 7) is 1.92. The second-order valence-electron chi connectivity index (χ2n) is 8.30. The Morgan fingerprint density at radius 1 is 1.00 bits per heavy atom. The maximum absolute atomic E-state index is 13.5. The Morgan fingerprint density at radius 3 is 2.48 bits per heavy atom. The molecule has 1 atom stereocenters. The average Bonchev–Trinajstić information content (AvgIpc) is 3.54. The molecule has 31 heavy (non-hydrogen) atoms. The molecule has 2 aliphatic rings. The second kappa shape index (κ2) is 9.60. The van der Waals surface area contributed by atoms with Gasteiger partial charge < -0.3 is 19.1 Å².